The molecule has 0 bridgehead atoms. The molecule has 3 heteroatoms. The first-order valence-electron chi connectivity index (χ1n) is 5.39. The van der Waals surface area contributed by atoms with Crippen molar-refractivity contribution in [3.8, 4) is 5.75 Å². The van der Waals surface area contributed by atoms with Gasteiger partial charge in [-0.25, -0.2) is 0 Å². The summed E-state index contributed by atoms with van der Waals surface area (Å²) in [4.78, 5) is 2.34. The third-order valence-corrected chi connectivity index (χ3v) is 3.03. The van der Waals surface area contributed by atoms with E-state index in [1.54, 1.807) is 7.11 Å². The Bertz CT molecular complexity index is 351. The monoisotopic (exact) mass is 206 g/mol. The van der Waals surface area contributed by atoms with Crippen LogP contribution >= 0.6 is 0 Å². The second-order valence-electron chi connectivity index (χ2n) is 4.23. The highest BCUT2D eigenvalue weighted by Crippen LogP contribution is 2.34. The third kappa shape index (κ3) is 1.87. The molecule has 0 aromatic heterocycles. The van der Waals surface area contributed by atoms with Crippen molar-refractivity contribution in [2.45, 2.75) is 13.3 Å². The number of hydrogen-bond acceptors (Lipinski definition) is 3. The van der Waals surface area contributed by atoms with E-state index in [1.807, 2.05) is 12.1 Å². The lowest BCUT2D eigenvalue weighted by Gasteiger charge is -2.21. The normalized spacial score (nSPS) is 20.7. The van der Waals surface area contributed by atoms with Crippen LogP contribution in [-0.4, -0.2) is 20.2 Å². The Kier molecular flexibility index (Phi) is 2.71. The van der Waals surface area contributed by atoms with E-state index in [0.717, 1.165) is 36.1 Å². The molecule has 0 amide bonds. The summed E-state index contributed by atoms with van der Waals surface area (Å²) in [6, 6.07) is 5.96. The second-order valence-corrected chi connectivity index (χ2v) is 4.23. The van der Waals surface area contributed by atoms with Gasteiger partial charge in [-0.15, -0.1) is 0 Å². The number of anilines is 2. The van der Waals surface area contributed by atoms with Gasteiger partial charge < -0.3 is 15.4 Å². The first kappa shape index (κ1) is 10.1. The first-order valence-corrected chi connectivity index (χ1v) is 5.39. The number of rotatable bonds is 2. The molecule has 2 rings (SSSR count). The Morgan fingerprint density at radius 3 is 2.87 bits per heavy atom. The number of hydrogen-bond donors (Lipinski definition) is 1. The maximum Gasteiger partial charge on any atom is 0.143 e. The van der Waals surface area contributed by atoms with Crippen molar-refractivity contribution in [2.24, 2.45) is 5.92 Å². The molecule has 0 radical (unpaired) electrons. The average Bonchev–Trinajstić information content (AvgIpc) is 2.65. The number of nitrogens with two attached hydrogens (primary N) is 1. The first-order chi connectivity index (χ1) is 7.22. The van der Waals surface area contributed by atoms with E-state index < -0.39 is 0 Å². The van der Waals surface area contributed by atoms with Crippen LogP contribution in [0.1, 0.15) is 13.3 Å². The number of para-hydroxylation sites is 1. The highest BCUT2D eigenvalue weighted by molar-refractivity contribution is 5.74. The van der Waals surface area contributed by atoms with Crippen LogP contribution in [0.5, 0.6) is 5.75 Å². The minimum Gasteiger partial charge on any atom is -0.495 e. The summed E-state index contributed by atoms with van der Waals surface area (Å²) in [7, 11) is 1.65. The molecule has 2 N–H and O–H groups in total. The van der Waals surface area contributed by atoms with E-state index in [2.05, 4.69) is 17.9 Å². The van der Waals surface area contributed by atoms with Gasteiger partial charge in [0.05, 0.1) is 18.5 Å². The Hall–Kier alpha value is -1.38. The van der Waals surface area contributed by atoms with Crippen LogP contribution in [0.4, 0.5) is 11.4 Å². The van der Waals surface area contributed by atoms with Gasteiger partial charge in [0.25, 0.3) is 0 Å². The molecular formula is C12H18N2O. The zero-order valence-corrected chi connectivity index (χ0v) is 9.36. The minimum absolute atomic E-state index is 0.758. The Labute approximate surface area is 90.8 Å². The Morgan fingerprint density at radius 1 is 1.47 bits per heavy atom. The molecule has 0 spiro atoms. The Morgan fingerprint density at radius 2 is 2.27 bits per heavy atom. The molecule has 1 aliphatic rings. The molecule has 82 valence electrons. The van der Waals surface area contributed by atoms with Gasteiger partial charge in [0.2, 0.25) is 0 Å². The van der Waals surface area contributed by atoms with Crippen LogP contribution in [0.2, 0.25) is 0 Å². The molecule has 1 aliphatic heterocycles. The fourth-order valence-electron chi connectivity index (χ4n) is 2.14. The van der Waals surface area contributed by atoms with Gasteiger partial charge in [-0.2, -0.15) is 0 Å². The molecule has 1 aromatic carbocycles. The Balaban J connectivity index is 2.28. The lowest BCUT2D eigenvalue weighted by Crippen LogP contribution is -2.20. The molecular weight excluding hydrogens is 188 g/mol. The molecule has 1 atom stereocenters. The predicted molar refractivity (Wildman–Crippen MR) is 63.4 cm³/mol. The zero-order valence-electron chi connectivity index (χ0n) is 9.36. The standard InChI is InChI=1S/C12H18N2O/c1-9-6-7-14(8-9)10-4-3-5-11(15-2)12(10)13/h3-5,9H,6-8,13H2,1-2H3. The molecule has 1 saturated heterocycles. The number of nitrogens with zero attached hydrogens (tertiary/aromatic N) is 1. The summed E-state index contributed by atoms with van der Waals surface area (Å²) in [5.41, 5.74) is 7.92. The van der Waals surface area contributed by atoms with Gasteiger partial charge in [-0.05, 0) is 24.5 Å². The molecule has 15 heavy (non-hydrogen) atoms. The van der Waals surface area contributed by atoms with Crippen molar-refractivity contribution >= 4 is 11.4 Å². The van der Waals surface area contributed by atoms with Crippen LogP contribution in [0.15, 0.2) is 18.2 Å². The van der Waals surface area contributed by atoms with Crippen LogP contribution in [0.25, 0.3) is 0 Å². The van der Waals surface area contributed by atoms with Crippen molar-refractivity contribution in [2.75, 3.05) is 30.8 Å². The van der Waals surface area contributed by atoms with E-state index in [-0.39, 0.29) is 0 Å². The van der Waals surface area contributed by atoms with E-state index in [1.165, 1.54) is 6.42 Å². The molecule has 0 saturated carbocycles. The SMILES string of the molecule is COc1cccc(N2CCC(C)C2)c1N. The summed E-state index contributed by atoms with van der Waals surface area (Å²) >= 11 is 0. The van der Waals surface area contributed by atoms with E-state index >= 15 is 0 Å². The molecule has 1 unspecified atom stereocenters. The van der Waals surface area contributed by atoms with Crippen molar-refractivity contribution in [1.29, 1.82) is 0 Å². The van der Waals surface area contributed by atoms with Crippen molar-refractivity contribution in [3.05, 3.63) is 18.2 Å². The van der Waals surface area contributed by atoms with Crippen LogP contribution in [0, 0.1) is 5.92 Å². The van der Waals surface area contributed by atoms with Crippen molar-refractivity contribution < 1.29 is 4.74 Å². The maximum absolute atomic E-state index is 6.05. The average molecular weight is 206 g/mol. The molecule has 0 aliphatic carbocycles. The zero-order chi connectivity index (χ0) is 10.8. The number of benzene rings is 1. The van der Waals surface area contributed by atoms with Gasteiger partial charge >= 0.3 is 0 Å². The fourth-order valence-corrected chi connectivity index (χ4v) is 2.14. The molecule has 1 fully saturated rings. The van der Waals surface area contributed by atoms with E-state index in [0.29, 0.717) is 0 Å². The maximum atomic E-state index is 6.05. The van der Waals surface area contributed by atoms with Crippen molar-refractivity contribution in [1.82, 2.24) is 0 Å². The highest BCUT2D eigenvalue weighted by atomic mass is 16.5. The number of ether oxygens (including phenoxy) is 1. The summed E-state index contributed by atoms with van der Waals surface area (Å²) in [5, 5.41) is 0. The lowest BCUT2D eigenvalue weighted by molar-refractivity contribution is 0.417. The number of nitrogen functional groups attached to an aromatic ring is 1. The second kappa shape index (κ2) is 4.01. The summed E-state index contributed by atoms with van der Waals surface area (Å²) in [6.07, 6.45) is 1.25. The molecule has 3 nitrogen and oxygen atoms in total. The third-order valence-electron chi connectivity index (χ3n) is 3.03. The lowest BCUT2D eigenvalue weighted by atomic mass is 10.2. The quantitative estimate of drug-likeness (QED) is 0.753. The number of methoxy groups -OCH3 is 1. The molecule has 1 aromatic rings. The minimum atomic E-state index is 0.758. The predicted octanol–water partition coefficient (Wildman–Crippen LogP) is 2.12. The van der Waals surface area contributed by atoms with Gasteiger partial charge in [0.1, 0.15) is 5.75 Å². The summed E-state index contributed by atoms with van der Waals surface area (Å²) < 4.78 is 5.22. The van der Waals surface area contributed by atoms with Crippen LogP contribution in [-0.2, 0) is 0 Å². The van der Waals surface area contributed by atoms with Crippen LogP contribution < -0.4 is 15.4 Å². The topological polar surface area (TPSA) is 38.5 Å². The van der Waals surface area contributed by atoms with Crippen LogP contribution in [0.3, 0.4) is 0 Å². The van der Waals surface area contributed by atoms with E-state index in [4.69, 9.17) is 10.5 Å². The fraction of sp³-hybridized carbons (Fsp3) is 0.500. The smallest absolute Gasteiger partial charge is 0.143 e. The van der Waals surface area contributed by atoms with Gasteiger partial charge in [0, 0.05) is 13.1 Å². The molecule has 1 heterocycles. The van der Waals surface area contributed by atoms with E-state index in [9.17, 15) is 0 Å². The highest BCUT2D eigenvalue weighted by Gasteiger charge is 2.21. The summed E-state index contributed by atoms with van der Waals surface area (Å²) in [6.45, 7) is 4.46. The van der Waals surface area contributed by atoms with Crippen molar-refractivity contribution in [3.63, 3.8) is 0 Å². The largest absolute Gasteiger partial charge is 0.495 e. The van der Waals surface area contributed by atoms with Gasteiger partial charge in [-0.1, -0.05) is 13.0 Å². The van der Waals surface area contributed by atoms with Gasteiger partial charge in [0.15, 0.2) is 0 Å². The summed E-state index contributed by atoms with van der Waals surface area (Å²) in [5.74, 6) is 1.53. The van der Waals surface area contributed by atoms with Gasteiger partial charge in [-0.3, -0.25) is 0 Å².